The quantitative estimate of drug-likeness (QED) is 0.828. The van der Waals surface area contributed by atoms with Gasteiger partial charge in [-0.05, 0) is 62.6 Å². The molecule has 5 heteroatoms. The molecule has 3 heterocycles. The number of fused-ring (bicyclic) bond motifs is 1. The van der Waals surface area contributed by atoms with Gasteiger partial charge in [-0.25, -0.2) is 4.39 Å². The van der Waals surface area contributed by atoms with Crippen molar-refractivity contribution in [2.45, 2.75) is 32.4 Å². The minimum atomic E-state index is -0.339. The molecule has 2 saturated heterocycles. The normalized spacial score (nSPS) is 23.5. The first kappa shape index (κ1) is 16.6. The first-order chi connectivity index (χ1) is 12.1. The predicted molar refractivity (Wildman–Crippen MR) is 99.3 cm³/mol. The molecule has 0 aliphatic carbocycles. The van der Waals surface area contributed by atoms with Crippen molar-refractivity contribution in [1.82, 2.24) is 4.90 Å². The molecular weight excluding hydrogens is 333 g/mol. The molecule has 0 radical (unpaired) electrons. The van der Waals surface area contributed by atoms with Gasteiger partial charge in [0.2, 0.25) is 0 Å². The predicted octanol–water partition coefficient (Wildman–Crippen LogP) is 4.17. The molecule has 0 amide bonds. The first-order valence-corrected chi connectivity index (χ1v) is 9.69. The smallest absolute Gasteiger partial charge is 0.124 e. The number of hydrogen-bond acceptors (Lipinski definition) is 4. The van der Waals surface area contributed by atoms with Crippen LogP contribution in [0.15, 0.2) is 30.3 Å². The summed E-state index contributed by atoms with van der Waals surface area (Å²) in [5.74, 6) is 0.340. The Balaban J connectivity index is 1.53. The van der Waals surface area contributed by atoms with E-state index < -0.39 is 0 Å². The largest absolute Gasteiger partial charge is 0.366 e. The van der Waals surface area contributed by atoms with Gasteiger partial charge >= 0.3 is 0 Å². The Bertz CT molecular complexity index is 810. The lowest BCUT2D eigenvalue weighted by molar-refractivity contribution is 0.169. The summed E-state index contributed by atoms with van der Waals surface area (Å²) in [7, 11) is 0. The molecule has 2 atom stereocenters. The van der Waals surface area contributed by atoms with Crippen LogP contribution in [-0.2, 0) is 6.54 Å². The summed E-state index contributed by atoms with van der Waals surface area (Å²) in [5.41, 5.74) is 1.34. The van der Waals surface area contributed by atoms with Crippen LogP contribution in [0.1, 0.15) is 28.2 Å². The Kier molecular flexibility index (Phi) is 4.49. The van der Waals surface area contributed by atoms with Crippen LogP contribution in [-0.4, -0.2) is 30.6 Å². The average Bonchev–Trinajstić information content (AvgIpc) is 3.20. The third-order valence-electron chi connectivity index (χ3n) is 5.51. The molecule has 4 rings (SSSR count). The Morgan fingerprint density at radius 3 is 2.84 bits per heavy atom. The maximum Gasteiger partial charge on any atom is 0.124 e. The van der Waals surface area contributed by atoms with Gasteiger partial charge in [0, 0.05) is 35.4 Å². The fraction of sp³-hybridized carbons (Fsp3) is 0.450. The Morgan fingerprint density at radius 2 is 2.08 bits per heavy atom. The highest BCUT2D eigenvalue weighted by Crippen LogP contribution is 2.37. The average molecular weight is 355 g/mol. The number of benzene rings is 1. The van der Waals surface area contributed by atoms with E-state index >= 15 is 0 Å². The minimum absolute atomic E-state index is 0.339. The second-order valence-electron chi connectivity index (χ2n) is 7.12. The van der Waals surface area contributed by atoms with E-state index in [1.165, 1.54) is 34.7 Å². The maximum atomic E-state index is 13.5. The van der Waals surface area contributed by atoms with E-state index in [1.807, 2.05) is 11.3 Å². The molecule has 3 nitrogen and oxygen atoms in total. The van der Waals surface area contributed by atoms with Gasteiger partial charge in [-0.3, -0.25) is 4.90 Å². The lowest BCUT2D eigenvalue weighted by Gasteiger charge is -2.39. The molecule has 2 aromatic rings. The van der Waals surface area contributed by atoms with Gasteiger partial charge in [-0.2, -0.15) is 5.26 Å². The van der Waals surface area contributed by atoms with Crippen molar-refractivity contribution in [2.24, 2.45) is 5.92 Å². The number of piperidine rings is 1. The van der Waals surface area contributed by atoms with Crippen LogP contribution in [0.2, 0.25) is 0 Å². The van der Waals surface area contributed by atoms with Crippen molar-refractivity contribution >= 4 is 17.0 Å². The van der Waals surface area contributed by atoms with E-state index in [0.717, 1.165) is 31.9 Å². The van der Waals surface area contributed by atoms with Gasteiger partial charge < -0.3 is 4.90 Å². The van der Waals surface area contributed by atoms with Crippen LogP contribution >= 0.6 is 11.3 Å². The van der Waals surface area contributed by atoms with E-state index in [1.54, 1.807) is 6.07 Å². The van der Waals surface area contributed by atoms with Crippen LogP contribution in [0, 0.1) is 30.0 Å². The van der Waals surface area contributed by atoms with Crippen LogP contribution in [0.4, 0.5) is 10.1 Å². The van der Waals surface area contributed by atoms with Crippen molar-refractivity contribution in [3.05, 3.63) is 51.5 Å². The maximum absolute atomic E-state index is 13.5. The Morgan fingerprint density at radius 1 is 1.24 bits per heavy atom. The van der Waals surface area contributed by atoms with E-state index in [0.29, 0.717) is 17.5 Å². The number of likely N-dealkylation sites (tertiary alicyclic amines) is 1. The molecule has 130 valence electrons. The van der Waals surface area contributed by atoms with Gasteiger partial charge in [0.25, 0.3) is 0 Å². The SMILES string of the molecule is Cc1ccc(CN2CCC3CCN(c4ccc(F)cc4C#N)C3C2)s1. The number of halogens is 1. The zero-order chi connectivity index (χ0) is 17.4. The van der Waals surface area contributed by atoms with Gasteiger partial charge in [0.05, 0.1) is 11.3 Å². The molecule has 25 heavy (non-hydrogen) atoms. The number of rotatable bonds is 3. The molecule has 0 N–H and O–H groups in total. The van der Waals surface area contributed by atoms with E-state index in [9.17, 15) is 9.65 Å². The molecule has 1 aromatic heterocycles. The molecule has 1 aromatic carbocycles. The van der Waals surface area contributed by atoms with Crippen LogP contribution < -0.4 is 4.90 Å². The molecule has 2 fully saturated rings. The zero-order valence-corrected chi connectivity index (χ0v) is 15.2. The number of thiophene rings is 1. The summed E-state index contributed by atoms with van der Waals surface area (Å²) in [6, 6.07) is 11.6. The minimum Gasteiger partial charge on any atom is -0.366 e. The molecule has 0 saturated carbocycles. The summed E-state index contributed by atoms with van der Waals surface area (Å²) in [6.07, 6.45) is 2.37. The van der Waals surface area contributed by atoms with Crippen molar-refractivity contribution < 1.29 is 4.39 Å². The van der Waals surface area contributed by atoms with Gasteiger partial charge in [-0.15, -0.1) is 11.3 Å². The highest BCUT2D eigenvalue weighted by molar-refractivity contribution is 7.11. The monoisotopic (exact) mass is 355 g/mol. The molecule has 0 spiro atoms. The standard InChI is InChI=1S/C20H22FN3S/c1-14-2-4-18(25-14)12-23-8-6-15-7-9-24(20(15)13-23)19-5-3-17(21)10-16(19)11-22/h2-5,10,15,20H,6-9,12-13H2,1H3. The highest BCUT2D eigenvalue weighted by atomic mass is 32.1. The third kappa shape index (κ3) is 3.29. The second kappa shape index (κ2) is 6.78. The summed E-state index contributed by atoms with van der Waals surface area (Å²) < 4.78 is 13.5. The van der Waals surface area contributed by atoms with E-state index in [4.69, 9.17) is 0 Å². The van der Waals surface area contributed by atoms with Gasteiger partial charge in [0.15, 0.2) is 0 Å². The second-order valence-corrected chi connectivity index (χ2v) is 8.49. The molecule has 2 aliphatic rings. The van der Waals surface area contributed by atoms with Crippen LogP contribution in [0.5, 0.6) is 0 Å². The molecule has 0 bridgehead atoms. The van der Waals surface area contributed by atoms with E-state index in [-0.39, 0.29) is 5.82 Å². The third-order valence-corrected chi connectivity index (χ3v) is 6.50. The number of hydrogen-bond donors (Lipinski definition) is 0. The summed E-state index contributed by atoms with van der Waals surface area (Å²) in [6.45, 7) is 6.27. The Labute approximate surface area is 152 Å². The zero-order valence-electron chi connectivity index (χ0n) is 14.4. The van der Waals surface area contributed by atoms with Crippen molar-refractivity contribution in [1.29, 1.82) is 5.26 Å². The lowest BCUT2D eigenvalue weighted by Crippen LogP contribution is -2.48. The molecule has 2 unspecified atom stereocenters. The number of anilines is 1. The van der Waals surface area contributed by atoms with Crippen molar-refractivity contribution in [3.8, 4) is 6.07 Å². The fourth-order valence-electron chi connectivity index (χ4n) is 4.29. The topological polar surface area (TPSA) is 30.3 Å². The fourth-order valence-corrected chi connectivity index (χ4v) is 5.22. The summed E-state index contributed by atoms with van der Waals surface area (Å²) in [5, 5.41) is 9.40. The molecule has 2 aliphatic heterocycles. The van der Waals surface area contributed by atoms with Crippen molar-refractivity contribution in [3.63, 3.8) is 0 Å². The number of nitriles is 1. The Hall–Kier alpha value is -1.90. The van der Waals surface area contributed by atoms with Crippen LogP contribution in [0.3, 0.4) is 0 Å². The van der Waals surface area contributed by atoms with Gasteiger partial charge in [0.1, 0.15) is 11.9 Å². The highest BCUT2D eigenvalue weighted by Gasteiger charge is 2.39. The lowest BCUT2D eigenvalue weighted by atomic mass is 9.92. The van der Waals surface area contributed by atoms with Gasteiger partial charge in [-0.1, -0.05) is 0 Å². The van der Waals surface area contributed by atoms with Crippen LogP contribution in [0.25, 0.3) is 0 Å². The summed E-state index contributed by atoms with van der Waals surface area (Å²) in [4.78, 5) is 7.65. The molecular formula is C20H22FN3S. The summed E-state index contributed by atoms with van der Waals surface area (Å²) >= 11 is 1.87. The van der Waals surface area contributed by atoms with Crippen molar-refractivity contribution in [2.75, 3.05) is 24.5 Å². The number of nitrogens with zero attached hydrogens (tertiary/aromatic N) is 3. The first-order valence-electron chi connectivity index (χ1n) is 8.88. The number of aryl methyl sites for hydroxylation is 1. The van der Waals surface area contributed by atoms with E-state index in [2.05, 4.69) is 34.9 Å².